The van der Waals surface area contributed by atoms with Crippen molar-refractivity contribution in [2.45, 2.75) is 18.9 Å². The van der Waals surface area contributed by atoms with E-state index in [1.807, 2.05) is 24.3 Å². The second-order valence-electron chi connectivity index (χ2n) is 5.41. The number of methoxy groups -OCH3 is 1. The number of hydrogen-bond donors (Lipinski definition) is 2. The molecule has 1 fully saturated rings. The first kappa shape index (κ1) is 17.7. The van der Waals surface area contributed by atoms with Crippen molar-refractivity contribution in [1.82, 2.24) is 10.3 Å². The number of hydrogen-bond acceptors (Lipinski definition) is 5. The molecule has 3 N–H and O–H groups in total. The van der Waals surface area contributed by atoms with Gasteiger partial charge < -0.3 is 15.8 Å². The maximum Gasteiger partial charge on any atom is 0.263 e. The van der Waals surface area contributed by atoms with E-state index >= 15 is 0 Å². The maximum absolute atomic E-state index is 12.3. The highest BCUT2D eigenvalue weighted by Gasteiger charge is 2.31. The fraction of sp³-hybridized carbons (Fsp3) is 0.375. The minimum atomic E-state index is -0.0837. The summed E-state index contributed by atoms with van der Waals surface area (Å²) in [6, 6.07) is 7.72. The van der Waals surface area contributed by atoms with E-state index in [2.05, 4.69) is 10.3 Å². The van der Waals surface area contributed by atoms with Crippen molar-refractivity contribution in [2.75, 3.05) is 13.7 Å². The van der Waals surface area contributed by atoms with Crippen molar-refractivity contribution < 1.29 is 9.53 Å². The molecule has 0 saturated heterocycles. The summed E-state index contributed by atoms with van der Waals surface area (Å²) in [5.74, 6) is 1.26. The molecule has 1 aromatic heterocycles. The second kappa shape index (κ2) is 7.77. The number of aromatic nitrogens is 1. The van der Waals surface area contributed by atoms with Crippen LogP contribution in [0.5, 0.6) is 5.75 Å². The Bertz CT molecular complexity index is 656. The average molecular weight is 354 g/mol. The molecule has 1 aromatic carbocycles. The normalized spacial score (nSPS) is 14.7. The SMILES string of the molecule is COc1ccc(-c2ncc(C(=O)NC(CN)C3CC3)s2)cc1.Cl. The Morgan fingerprint density at radius 3 is 2.70 bits per heavy atom. The van der Waals surface area contributed by atoms with E-state index in [9.17, 15) is 4.79 Å². The van der Waals surface area contributed by atoms with Crippen LogP contribution in [0.25, 0.3) is 10.6 Å². The molecule has 0 aliphatic heterocycles. The molecule has 1 atom stereocenters. The van der Waals surface area contributed by atoms with E-state index in [0.717, 1.165) is 29.2 Å². The largest absolute Gasteiger partial charge is 0.497 e. The van der Waals surface area contributed by atoms with Crippen LogP contribution in [-0.2, 0) is 0 Å². The monoisotopic (exact) mass is 353 g/mol. The molecule has 7 heteroatoms. The number of ether oxygens (including phenoxy) is 1. The molecule has 5 nitrogen and oxygen atoms in total. The van der Waals surface area contributed by atoms with E-state index < -0.39 is 0 Å². The van der Waals surface area contributed by atoms with Gasteiger partial charge in [0.05, 0.1) is 13.3 Å². The van der Waals surface area contributed by atoms with Crippen molar-refractivity contribution in [2.24, 2.45) is 11.7 Å². The number of thiazole rings is 1. The first-order valence-corrected chi connectivity index (χ1v) is 8.14. The lowest BCUT2D eigenvalue weighted by atomic mass is 10.2. The zero-order valence-electron chi connectivity index (χ0n) is 12.8. The van der Waals surface area contributed by atoms with Gasteiger partial charge in [0.25, 0.3) is 5.91 Å². The third-order valence-corrected chi connectivity index (χ3v) is 4.87. The number of halogens is 1. The molecule has 3 rings (SSSR count). The van der Waals surface area contributed by atoms with Crippen LogP contribution in [-0.4, -0.2) is 30.6 Å². The maximum atomic E-state index is 12.3. The second-order valence-corrected chi connectivity index (χ2v) is 6.44. The summed E-state index contributed by atoms with van der Waals surface area (Å²) in [5.41, 5.74) is 6.70. The van der Waals surface area contributed by atoms with Gasteiger partial charge in [0.1, 0.15) is 15.6 Å². The third kappa shape index (κ3) is 4.22. The number of nitrogens with two attached hydrogens (primary N) is 1. The van der Waals surface area contributed by atoms with Gasteiger partial charge in [0, 0.05) is 18.2 Å². The lowest BCUT2D eigenvalue weighted by Crippen LogP contribution is -2.41. The Kier molecular flexibility index (Phi) is 5.98. The van der Waals surface area contributed by atoms with Crippen molar-refractivity contribution in [3.63, 3.8) is 0 Å². The van der Waals surface area contributed by atoms with Crippen LogP contribution in [0.15, 0.2) is 30.5 Å². The molecule has 1 heterocycles. The summed E-state index contributed by atoms with van der Waals surface area (Å²) < 4.78 is 5.14. The van der Waals surface area contributed by atoms with Crippen molar-refractivity contribution in [3.8, 4) is 16.3 Å². The summed E-state index contributed by atoms with van der Waals surface area (Å²) in [6.07, 6.45) is 3.93. The van der Waals surface area contributed by atoms with Gasteiger partial charge in [-0.1, -0.05) is 0 Å². The smallest absolute Gasteiger partial charge is 0.263 e. The van der Waals surface area contributed by atoms with Gasteiger partial charge in [0.15, 0.2) is 0 Å². The minimum Gasteiger partial charge on any atom is -0.497 e. The van der Waals surface area contributed by atoms with Crippen LogP contribution >= 0.6 is 23.7 Å². The van der Waals surface area contributed by atoms with E-state index in [-0.39, 0.29) is 24.4 Å². The van der Waals surface area contributed by atoms with E-state index in [1.165, 1.54) is 11.3 Å². The minimum absolute atomic E-state index is 0. The summed E-state index contributed by atoms with van der Waals surface area (Å²) in [7, 11) is 1.63. The fourth-order valence-corrected chi connectivity index (χ4v) is 3.18. The molecule has 0 radical (unpaired) electrons. The Morgan fingerprint density at radius 2 is 2.13 bits per heavy atom. The Morgan fingerprint density at radius 1 is 1.43 bits per heavy atom. The van der Waals surface area contributed by atoms with Crippen LogP contribution in [0, 0.1) is 5.92 Å². The quantitative estimate of drug-likeness (QED) is 0.837. The highest BCUT2D eigenvalue weighted by Crippen LogP contribution is 2.32. The number of carbonyl (C=O) groups excluding carboxylic acids is 1. The molecule has 2 aromatic rings. The number of rotatable bonds is 6. The van der Waals surface area contributed by atoms with Gasteiger partial charge in [-0.2, -0.15) is 0 Å². The molecule has 1 aliphatic rings. The first-order valence-electron chi connectivity index (χ1n) is 7.32. The van der Waals surface area contributed by atoms with E-state index in [0.29, 0.717) is 17.3 Å². The van der Waals surface area contributed by atoms with Crippen LogP contribution < -0.4 is 15.8 Å². The van der Waals surface area contributed by atoms with Crippen molar-refractivity contribution in [1.29, 1.82) is 0 Å². The zero-order chi connectivity index (χ0) is 15.5. The highest BCUT2D eigenvalue weighted by atomic mass is 35.5. The summed E-state index contributed by atoms with van der Waals surface area (Å²) >= 11 is 1.39. The third-order valence-electron chi connectivity index (χ3n) is 3.83. The molecule has 1 aliphatic carbocycles. The fourth-order valence-electron chi connectivity index (χ4n) is 2.35. The topological polar surface area (TPSA) is 77.2 Å². The van der Waals surface area contributed by atoms with Gasteiger partial charge in [-0.15, -0.1) is 23.7 Å². The van der Waals surface area contributed by atoms with Gasteiger partial charge >= 0.3 is 0 Å². The Hall–Kier alpha value is -1.63. The van der Waals surface area contributed by atoms with Crippen LogP contribution in [0.1, 0.15) is 22.5 Å². The molecule has 23 heavy (non-hydrogen) atoms. The average Bonchev–Trinajstić information content (AvgIpc) is 3.28. The summed E-state index contributed by atoms with van der Waals surface area (Å²) in [5, 5.41) is 3.84. The summed E-state index contributed by atoms with van der Waals surface area (Å²) in [4.78, 5) is 17.2. The first-order chi connectivity index (χ1) is 10.7. The molecule has 0 bridgehead atoms. The molecule has 0 spiro atoms. The van der Waals surface area contributed by atoms with Crippen LogP contribution in [0.2, 0.25) is 0 Å². The summed E-state index contributed by atoms with van der Waals surface area (Å²) in [6.45, 7) is 0.487. The molecule has 1 unspecified atom stereocenters. The Balaban J connectivity index is 0.00000192. The standard InChI is InChI=1S/C16H19N3O2S.ClH/c1-21-12-6-4-11(5-7-12)16-18-9-14(22-16)15(20)19-13(8-17)10-2-3-10;/h4-7,9-10,13H,2-3,8,17H2,1H3,(H,19,20);1H. The van der Waals surface area contributed by atoms with Crippen molar-refractivity contribution >= 4 is 29.7 Å². The van der Waals surface area contributed by atoms with Gasteiger partial charge in [-0.3, -0.25) is 4.79 Å². The van der Waals surface area contributed by atoms with Crippen LogP contribution in [0.3, 0.4) is 0 Å². The van der Waals surface area contributed by atoms with Gasteiger partial charge in [-0.25, -0.2) is 4.98 Å². The Labute approximate surface area is 145 Å². The zero-order valence-corrected chi connectivity index (χ0v) is 14.5. The number of amides is 1. The van der Waals surface area contributed by atoms with Crippen LogP contribution in [0.4, 0.5) is 0 Å². The lowest BCUT2D eigenvalue weighted by Gasteiger charge is -2.14. The highest BCUT2D eigenvalue weighted by molar-refractivity contribution is 7.16. The number of carbonyl (C=O) groups is 1. The number of nitrogens with one attached hydrogen (secondary N) is 1. The lowest BCUT2D eigenvalue weighted by molar-refractivity contribution is 0.0937. The molecule has 1 saturated carbocycles. The van der Waals surface area contributed by atoms with E-state index in [4.69, 9.17) is 10.5 Å². The number of benzene rings is 1. The van der Waals surface area contributed by atoms with Gasteiger partial charge in [-0.05, 0) is 43.0 Å². The van der Waals surface area contributed by atoms with E-state index in [1.54, 1.807) is 13.3 Å². The molecule has 1 amide bonds. The van der Waals surface area contributed by atoms with Gasteiger partial charge in [0.2, 0.25) is 0 Å². The molecular weight excluding hydrogens is 334 g/mol. The predicted octanol–water partition coefficient (Wildman–Crippen LogP) is 2.71. The molecule has 124 valence electrons. The predicted molar refractivity (Wildman–Crippen MR) is 94.4 cm³/mol. The van der Waals surface area contributed by atoms with Crippen molar-refractivity contribution in [3.05, 3.63) is 35.3 Å². The number of nitrogens with zero attached hydrogens (tertiary/aromatic N) is 1. The molecular formula is C16H20ClN3O2S.